The number of alkyl halides is 2. The van der Waals surface area contributed by atoms with Gasteiger partial charge >= 0.3 is 0 Å². The van der Waals surface area contributed by atoms with E-state index >= 15 is 8.78 Å². The van der Waals surface area contributed by atoms with Crippen molar-refractivity contribution < 1.29 is 37.6 Å². The Morgan fingerprint density at radius 2 is 0.932 bits per heavy atom. The van der Waals surface area contributed by atoms with Gasteiger partial charge in [-0.2, -0.15) is 0 Å². The van der Waals surface area contributed by atoms with Gasteiger partial charge < -0.3 is 28.8 Å². The molecule has 1 saturated heterocycles. The third-order valence-corrected chi connectivity index (χ3v) is 7.51. The number of halogens is 2. The van der Waals surface area contributed by atoms with Crippen LogP contribution in [0.2, 0.25) is 0 Å². The van der Waals surface area contributed by atoms with Crippen LogP contribution in [-0.2, 0) is 50.1 Å². The van der Waals surface area contributed by atoms with Gasteiger partial charge in [-0.3, -0.25) is 0 Å². The van der Waals surface area contributed by atoms with E-state index in [0.717, 1.165) is 22.3 Å². The van der Waals surface area contributed by atoms with Crippen LogP contribution in [0.3, 0.4) is 0 Å². The van der Waals surface area contributed by atoms with Crippen LogP contribution in [0, 0.1) is 0 Å². The molecule has 0 amide bonds. The van der Waals surface area contributed by atoms with Crippen molar-refractivity contribution in [1.82, 2.24) is 0 Å². The molecule has 44 heavy (non-hydrogen) atoms. The number of benzene rings is 4. The Morgan fingerprint density at radius 1 is 0.545 bits per heavy atom. The second kappa shape index (κ2) is 16.0. The standard InChI is InChI=1S/C36H38F2O6/c37-36(38,26-39)35-34(43-24-30-19-11-4-12-20-30)33(42-23-29-17-9-3-10-18-29)32(41-22-28-15-7-2-8-16-28)31(44-35)25-40-21-27-13-5-1-6-14-27/h1-20,31-35,39H,21-26H2. The van der Waals surface area contributed by atoms with E-state index in [1.54, 1.807) is 0 Å². The number of ether oxygens (including phenoxy) is 5. The first-order chi connectivity index (χ1) is 21.5. The number of rotatable bonds is 15. The molecule has 1 N–H and O–H groups in total. The molecule has 5 atom stereocenters. The van der Waals surface area contributed by atoms with E-state index in [9.17, 15) is 5.11 Å². The summed E-state index contributed by atoms with van der Waals surface area (Å²) in [5, 5.41) is 9.78. The fourth-order valence-corrected chi connectivity index (χ4v) is 5.22. The number of aliphatic hydroxyl groups is 1. The zero-order valence-corrected chi connectivity index (χ0v) is 24.4. The number of hydrogen-bond acceptors (Lipinski definition) is 6. The van der Waals surface area contributed by atoms with E-state index in [2.05, 4.69) is 0 Å². The number of aliphatic hydroxyl groups excluding tert-OH is 1. The predicted molar refractivity (Wildman–Crippen MR) is 162 cm³/mol. The average Bonchev–Trinajstić information content (AvgIpc) is 3.07. The first-order valence-corrected chi connectivity index (χ1v) is 14.8. The largest absolute Gasteiger partial charge is 0.390 e. The van der Waals surface area contributed by atoms with Crippen LogP contribution in [0.25, 0.3) is 0 Å². The SMILES string of the molecule is OCC(F)(F)C1OC(COCc2ccccc2)C(OCc2ccccc2)C(OCc2ccccc2)C1OCc1ccccc1. The smallest absolute Gasteiger partial charge is 0.298 e. The molecule has 0 aromatic heterocycles. The highest BCUT2D eigenvalue weighted by atomic mass is 19.3. The van der Waals surface area contributed by atoms with Crippen LogP contribution in [0.1, 0.15) is 22.3 Å². The molecule has 0 aliphatic carbocycles. The third-order valence-electron chi connectivity index (χ3n) is 7.51. The van der Waals surface area contributed by atoms with Crippen LogP contribution in [0.4, 0.5) is 8.78 Å². The minimum absolute atomic E-state index is 0.0387. The molecule has 1 aliphatic rings. The van der Waals surface area contributed by atoms with Crippen molar-refractivity contribution in [2.45, 2.75) is 62.9 Å². The zero-order valence-electron chi connectivity index (χ0n) is 24.4. The monoisotopic (exact) mass is 604 g/mol. The second-order valence-corrected chi connectivity index (χ2v) is 10.8. The lowest BCUT2D eigenvalue weighted by Gasteiger charge is -2.47. The average molecular weight is 605 g/mol. The van der Waals surface area contributed by atoms with Crippen molar-refractivity contribution >= 4 is 0 Å². The molecule has 0 radical (unpaired) electrons. The molecule has 1 aliphatic heterocycles. The Morgan fingerprint density at radius 3 is 1.36 bits per heavy atom. The highest BCUT2D eigenvalue weighted by Gasteiger charge is 2.57. The summed E-state index contributed by atoms with van der Waals surface area (Å²) in [5.74, 6) is -3.63. The molecular formula is C36H38F2O6. The van der Waals surface area contributed by atoms with Gasteiger partial charge in [-0.15, -0.1) is 0 Å². The molecule has 1 fully saturated rings. The van der Waals surface area contributed by atoms with Crippen molar-refractivity contribution in [3.05, 3.63) is 144 Å². The van der Waals surface area contributed by atoms with E-state index in [1.165, 1.54) is 0 Å². The van der Waals surface area contributed by atoms with Gasteiger partial charge in [0.05, 0.1) is 33.0 Å². The second-order valence-electron chi connectivity index (χ2n) is 10.8. The van der Waals surface area contributed by atoms with E-state index in [0.29, 0.717) is 0 Å². The highest BCUT2D eigenvalue weighted by Crippen LogP contribution is 2.37. The molecule has 232 valence electrons. The normalized spacial score (nSPS) is 22.1. The summed E-state index contributed by atoms with van der Waals surface area (Å²) in [5.41, 5.74) is 3.51. The third kappa shape index (κ3) is 8.79. The molecule has 8 heteroatoms. The molecule has 5 rings (SSSR count). The molecule has 0 saturated carbocycles. The Kier molecular flexibility index (Phi) is 11.6. The van der Waals surface area contributed by atoms with Crippen molar-refractivity contribution in [3.63, 3.8) is 0 Å². The summed E-state index contributed by atoms with van der Waals surface area (Å²) < 4.78 is 62.2. The molecule has 4 aromatic rings. The van der Waals surface area contributed by atoms with Gasteiger partial charge in [0.2, 0.25) is 0 Å². The van der Waals surface area contributed by atoms with Gasteiger partial charge in [-0.25, -0.2) is 8.78 Å². The summed E-state index contributed by atoms with van der Waals surface area (Å²) in [6.45, 7) is -0.821. The van der Waals surface area contributed by atoms with E-state index in [4.69, 9.17) is 23.7 Å². The fraction of sp³-hybridized carbons (Fsp3) is 0.333. The van der Waals surface area contributed by atoms with E-state index in [-0.39, 0.29) is 33.0 Å². The lowest BCUT2D eigenvalue weighted by atomic mass is 9.91. The minimum Gasteiger partial charge on any atom is -0.390 e. The highest BCUT2D eigenvalue weighted by molar-refractivity contribution is 5.17. The molecule has 1 heterocycles. The topological polar surface area (TPSA) is 66.4 Å². The van der Waals surface area contributed by atoms with Crippen LogP contribution >= 0.6 is 0 Å². The minimum atomic E-state index is -3.63. The van der Waals surface area contributed by atoms with E-state index in [1.807, 2.05) is 121 Å². The van der Waals surface area contributed by atoms with Gasteiger partial charge in [-0.05, 0) is 22.3 Å². The van der Waals surface area contributed by atoms with Gasteiger partial charge in [0.15, 0.2) is 6.10 Å². The molecule has 0 bridgehead atoms. The van der Waals surface area contributed by atoms with Crippen LogP contribution in [-0.4, -0.2) is 54.8 Å². The van der Waals surface area contributed by atoms with Gasteiger partial charge in [0.25, 0.3) is 5.92 Å². The Balaban J connectivity index is 1.46. The van der Waals surface area contributed by atoms with Gasteiger partial charge in [0, 0.05) is 0 Å². The van der Waals surface area contributed by atoms with Crippen molar-refractivity contribution in [3.8, 4) is 0 Å². The summed E-state index contributed by atoms with van der Waals surface area (Å²) in [6, 6.07) is 37.9. The first kappa shape index (κ1) is 31.9. The maximum Gasteiger partial charge on any atom is 0.298 e. The first-order valence-electron chi connectivity index (χ1n) is 14.8. The molecule has 4 aromatic carbocycles. The van der Waals surface area contributed by atoms with Crippen molar-refractivity contribution in [2.24, 2.45) is 0 Å². The molecule has 6 nitrogen and oxygen atoms in total. The van der Waals surface area contributed by atoms with Gasteiger partial charge in [0.1, 0.15) is 31.0 Å². The summed E-state index contributed by atoms with van der Waals surface area (Å²) in [7, 11) is 0. The Labute approximate surface area is 257 Å². The fourth-order valence-electron chi connectivity index (χ4n) is 5.22. The zero-order chi connectivity index (χ0) is 30.6. The lowest BCUT2D eigenvalue weighted by Crippen LogP contribution is -2.65. The Hall–Kier alpha value is -3.50. The van der Waals surface area contributed by atoms with Crippen molar-refractivity contribution in [2.75, 3.05) is 13.2 Å². The summed E-state index contributed by atoms with van der Waals surface area (Å²) >= 11 is 0. The van der Waals surface area contributed by atoms with Crippen molar-refractivity contribution in [1.29, 1.82) is 0 Å². The predicted octanol–water partition coefficient (Wildman–Crippen LogP) is 6.35. The Bertz CT molecular complexity index is 1360. The summed E-state index contributed by atoms with van der Waals surface area (Å²) in [6.07, 6.45) is -5.85. The number of hydrogen-bond donors (Lipinski definition) is 1. The quantitative estimate of drug-likeness (QED) is 0.171. The van der Waals surface area contributed by atoms with Gasteiger partial charge in [-0.1, -0.05) is 121 Å². The molecular weight excluding hydrogens is 566 g/mol. The van der Waals surface area contributed by atoms with Crippen LogP contribution in [0.5, 0.6) is 0 Å². The summed E-state index contributed by atoms with van der Waals surface area (Å²) in [4.78, 5) is 0. The maximum atomic E-state index is 15.5. The maximum absolute atomic E-state index is 15.5. The molecule has 0 spiro atoms. The van der Waals surface area contributed by atoms with Crippen LogP contribution < -0.4 is 0 Å². The van der Waals surface area contributed by atoms with E-state index < -0.39 is 43.0 Å². The van der Waals surface area contributed by atoms with Crippen LogP contribution in [0.15, 0.2) is 121 Å². The lowest BCUT2D eigenvalue weighted by molar-refractivity contribution is -0.313. The molecule has 5 unspecified atom stereocenters.